The van der Waals surface area contributed by atoms with Gasteiger partial charge in [-0.15, -0.1) is 0 Å². The van der Waals surface area contributed by atoms with Crippen LogP contribution < -0.4 is 5.32 Å². The molecule has 1 fully saturated rings. The maximum Gasteiger partial charge on any atom is 0.0352 e. The first-order chi connectivity index (χ1) is 8.36. The molecule has 2 atom stereocenters. The fourth-order valence-electron chi connectivity index (χ4n) is 3.36. The zero-order chi connectivity index (χ0) is 11.7. The first-order valence-electron chi connectivity index (χ1n) is 6.90. The maximum atomic E-state index is 3.44. The Hall–Kier alpha value is -0.860. The largest absolute Gasteiger partial charge is 0.314 e. The Morgan fingerprint density at radius 1 is 1.06 bits per heavy atom. The molecular weight excluding hydrogens is 208 g/mol. The van der Waals surface area contributed by atoms with Gasteiger partial charge in [-0.25, -0.2) is 0 Å². The van der Waals surface area contributed by atoms with Crippen molar-refractivity contribution in [1.29, 1.82) is 0 Å². The molecule has 1 heterocycles. The van der Waals surface area contributed by atoms with Crippen LogP contribution in [0.25, 0.3) is 0 Å². The van der Waals surface area contributed by atoms with Gasteiger partial charge in [0.25, 0.3) is 0 Å². The Morgan fingerprint density at radius 3 is 2.53 bits per heavy atom. The number of piperazine rings is 1. The summed E-state index contributed by atoms with van der Waals surface area (Å²) in [6.45, 7) is 7.07. The van der Waals surface area contributed by atoms with E-state index in [1.54, 1.807) is 11.1 Å². The monoisotopic (exact) mass is 230 g/mol. The zero-order valence-electron chi connectivity index (χ0n) is 10.7. The Bertz CT molecular complexity index is 382. The smallest absolute Gasteiger partial charge is 0.0352 e. The molecule has 3 rings (SSSR count). The lowest BCUT2D eigenvalue weighted by Crippen LogP contribution is -2.45. The van der Waals surface area contributed by atoms with E-state index < -0.39 is 0 Å². The summed E-state index contributed by atoms with van der Waals surface area (Å²) in [7, 11) is 0. The van der Waals surface area contributed by atoms with Gasteiger partial charge >= 0.3 is 0 Å². The van der Waals surface area contributed by atoms with Gasteiger partial charge in [-0.3, -0.25) is 4.90 Å². The Balaban J connectivity index is 1.89. The number of fused-ring (bicyclic) bond motifs is 1. The second kappa shape index (κ2) is 4.79. The summed E-state index contributed by atoms with van der Waals surface area (Å²) in [5.74, 6) is 0.741. The zero-order valence-corrected chi connectivity index (χ0v) is 10.7. The van der Waals surface area contributed by atoms with E-state index in [9.17, 15) is 0 Å². The fraction of sp³-hybridized carbons (Fsp3) is 0.600. The molecule has 1 aliphatic carbocycles. The van der Waals surface area contributed by atoms with E-state index in [2.05, 4.69) is 41.4 Å². The topological polar surface area (TPSA) is 15.3 Å². The second-order valence-corrected chi connectivity index (χ2v) is 5.41. The van der Waals surface area contributed by atoms with Crippen LogP contribution in [0.2, 0.25) is 0 Å². The van der Waals surface area contributed by atoms with E-state index >= 15 is 0 Å². The highest BCUT2D eigenvalue weighted by atomic mass is 15.2. The van der Waals surface area contributed by atoms with Gasteiger partial charge < -0.3 is 5.32 Å². The molecule has 1 aliphatic heterocycles. The van der Waals surface area contributed by atoms with E-state index in [1.807, 2.05) is 0 Å². The van der Waals surface area contributed by atoms with Crippen molar-refractivity contribution in [2.45, 2.75) is 31.7 Å². The van der Waals surface area contributed by atoms with Gasteiger partial charge in [0.1, 0.15) is 0 Å². The quantitative estimate of drug-likeness (QED) is 0.797. The first kappa shape index (κ1) is 11.2. The Kier molecular flexibility index (Phi) is 3.17. The molecule has 0 radical (unpaired) electrons. The SMILES string of the molecule is CC1CCC(N2CCNCC2)c2ccccc21. The van der Waals surface area contributed by atoms with Gasteiger partial charge in [0.15, 0.2) is 0 Å². The maximum absolute atomic E-state index is 3.44. The lowest BCUT2D eigenvalue weighted by Gasteiger charge is -2.39. The lowest BCUT2D eigenvalue weighted by atomic mass is 9.80. The molecule has 1 N–H and O–H groups in total. The highest BCUT2D eigenvalue weighted by Crippen LogP contribution is 2.40. The van der Waals surface area contributed by atoms with Crippen molar-refractivity contribution >= 4 is 0 Å². The molecule has 1 aromatic rings. The third-order valence-electron chi connectivity index (χ3n) is 4.35. The molecule has 0 aromatic heterocycles. The molecule has 2 aliphatic rings. The van der Waals surface area contributed by atoms with E-state index in [4.69, 9.17) is 0 Å². The molecule has 0 saturated carbocycles. The third-order valence-corrected chi connectivity index (χ3v) is 4.35. The number of nitrogens with zero attached hydrogens (tertiary/aromatic N) is 1. The summed E-state index contributed by atoms with van der Waals surface area (Å²) < 4.78 is 0. The van der Waals surface area contributed by atoms with Crippen molar-refractivity contribution in [3.8, 4) is 0 Å². The van der Waals surface area contributed by atoms with Crippen LogP contribution in [0.5, 0.6) is 0 Å². The van der Waals surface area contributed by atoms with Crippen LogP contribution in [-0.4, -0.2) is 31.1 Å². The Morgan fingerprint density at radius 2 is 1.76 bits per heavy atom. The summed E-state index contributed by atoms with van der Waals surface area (Å²) >= 11 is 0. The van der Waals surface area contributed by atoms with Gasteiger partial charge in [-0.1, -0.05) is 31.2 Å². The molecule has 0 bridgehead atoms. The van der Waals surface area contributed by atoms with E-state index in [1.165, 1.54) is 25.9 Å². The van der Waals surface area contributed by atoms with Crippen LogP contribution in [0.15, 0.2) is 24.3 Å². The predicted octanol–water partition coefficient (Wildman–Crippen LogP) is 2.53. The third kappa shape index (κ3) is 2.12. The van der Waals surface area contributed by atoms with Gasteiger partial charge in [-0.2, -0.15) is 0 Å². The van der Waals surface area contributed by atoms with Gasteiger partial charge in [0.2, 0.25) is 0 Å². The van der Waals surface area contributed by atoms with Crippen LogP contribution in [0.4, 0.5) is 0 Å². The van der Waals surface area contributed by atoms with Crippen LogP contribution in [0.1, 0.15) is 42.9 Å². The molecular formula is C15H22N2. The molecule has 1 aromatic carbocycles. The van der Waals surface area contributed by atoms with Crippen molar-refractivity contribution < 1.29 is 0 Å². The standard InChI is InChI=1S/C15H22N2/c1-12-6-7-15(17-10-8-16-9-11-17)14-5-3-2-4-13(12)14/h2-5,12,15-16H,6-11H2,1H3. The van der Waals surface area contributed by atoms with E-state index in [-0.39, 0.29) is 0 Å². The van der Waals surface area contributed by atoms with Crippen LogP contribution >= 0.6 is 0 Å². The molecule has 2 unspecified atom stereocenters. The van der Waals surface area contributed by atoms with Crippen molar-refractivity contribution in [3.63, 3.8) is 0 Å². The summed E-state index contributed by atoms with van der Waals surface area (Å²) in [6.07, 6.45) is 2.67. The van der Waals surface area contributed by atoms with E-state index in [0.717, 1.165) is 19.0 Å². The number of benzene rings is 1. The molecule has 0 spiro atoms. The van der Waals surface area contributed by atoms with Gasteiger partial charge in [0.05, 0.1) is 0 Å². The fourth-order valence-corrected chi connectivity index (χ4v) is 3.36. The summed E-state index contributed by atoms with van der Waals surface area (Å²) in [5, 5.41) is 3.44. The first-order valence-corrected chi connectivity index (χ1v) is 6.90. The van der Waals surface area contributed by atoms with Crippen LogP contribution in [0, 0.1) is 0 Å². The summed E-state index contributed by atoms with van der Waals surface area (Å²) in [6, 6.07) is 9.73. The van der Waals surface area contributed by atoms with Gasteiger partial charge in [-0.05, 0) is 29.9 Å². The molecule has 2 heteroatoms. The number of rotatable bonds is 1. The summed E-state index contributed by atoms with van der Waals surface area (Å²) in [4.78, 5) is 2.67. The second-order valence-electron chi connectivity index (χ2n) is 5.41. The minimum Gasteiger partial charge on any atom is -0.314 e. The van der Waals surface area contributed by atoms with E-state index in [0.29, 0.717) is 6.04 Å². The van der Waals surface area contributed by atoms with Crippen molar-refractivity contribution in [2.75, 3.05) is 26.2 Å². The molecule has 2 nitrogen and oxygen atoms in total. The van der Waals surface area contributed by atoms with Crippen molar-refractivity contribution in [1.82, 2.24) is 10.2 Å². The molecule has 1 saturated heterocycles. The average Bonchev–Trinajstić information content (AvgIpc) is 2.41. The highest BCUT2D eigenvalue weighted by Gasteiger charge is 2.29. The van der Waals surface area contributed by atoms with Gasteiger partial charge in [0, 0.05) is 32.2 Å². The minimum absolute atomic E-state index is 0.671. The number of hydrogen-bond acceptors (Lipinski definition) is 2. The average molecular weight is 230 g/mol. The van der Waals surface area contributed by atoms with Crippen molar-refractivity contribution in [2.24, 2.45) is 0 Å². The molecule has 0 amide bonds. The molecule has 92 valence electrons. The number of nitrogens with one attached hydrogen (secondary N) is 1. The normalized spacial score (nSPS) is 29.9. The van der Waals surface area contributed by atoms with Crippen LogP contribution in [-0.2, 0) is 0 Å². The Labute approximate surface area is 104 Å². The lowest BCUT2D eigenvalue weighted by molar-refractivity contribution is 0.154. The predicted molar refractivity (Wildman–Crippen MR) is 71.3 cm³/mol. The van der Waals surface area contributed by atoms with Crippen LogP contribution in [0.3, 0.4) is 0 Å². The summed E-state index contributed by atoms with van der Waals surface area (Å²) in [5.41, 5.74) is 3.18. The minimum atomic E-state index is 0.671. The van der Waals surface area contributed by atoms with Crippen molar-refractivity contribution in [3.05, 3.63) is 35.4 Å². The number of hydrogen-bond donors (Lipinski definition) is 1. The molecule has 17 heavy (non-hydrogen) atoms. The highest BCUT2D eigenvalue weighted by molar-refractivity contribution is 5.35.